The molecular formula is C14H17NO2. The van der Waals surface area contributed by atoms with Gasteiger partial charge in [0, 0.05) is 24.7 Å². The predicted molar refractivity (Wildman–Crippen MR) is 67.0 cm³/mol. The molecule has 0 atom stereocenters. The van der Waals surface area contributed by atoms with Gasteiger partial charge < -0.3 is 10.1 Å². The molecule has 1 N–H and O–H groups in total. The largest absolute Gasteiger partial charge is 0.497 e. The van der Waals surface area contributed by atoms with Crippen LogP contribution in [0.4, 0.5) is 0 Å². The van der Waals surface area contributed by atoms with Gasteiger partial charge in [-0.1, -0.05) is 12.1 Å². The zero-order valence-corrected chi connectivity index (χ0v) is 10.0. The molecule has 1 aliphatic carbocycles. The third-order valence-corrected chi connectivity index (χ3v) is 2.90. The molecule has 1 aromatic carbocycles. The maximum Gasteiger partial charge on any atom is 0.157 e. The summed E-state index contributed by atoms with van der Waals surface area (Å²) in [5.74, 6) is 1.11. The first-order valence-corrected chi connectivity index (χ1v) is 5.88. The fourth-order valence-electron chi connectivity index (χ4n) is 1.90. The Morgan fingerprint density at radius 3 is 2.59 bits per heavy atom. The van der Waals surface area contributed by atoms with Crippen LogP contribution in [0.1, 0.15) is 18.4 Å². The highest BCUT2D eigenvalue weighted by Gasteiger charge is 2.10. The van der Waals surface area contributed by atoms with Gasteiger partial charge in [-0.25, -0.2) is 0 Å². The molecule has 0 aliphatic heterocycles. The summed E-state index contributed by atoms with van der Waals surface area (Å²) in [5.41, 5.74) is 2.34. The van der Waals surface area contributed by atoms with Crippen molar-refractivity contribution in [1.29, 1.82) is 0 Å². The highest BCUT2D eigenvalue weighted by atomic mass is 16.5. The lowest BCUT2D eigenvalue weighted by Gasteiger charge is -2.07. The van der Waals surface area contributed by atoms with Crippen LogP contribution in [0.3, 0.4) is 0 Å². The molecule has 0 spiro atoms. The minimum Gasteiger partial charge on any atom is -0.497 e. The number of hydrogen-bond donors (Lipinski definition) is 1. The van der Waals surface area contributed by atoms with Gasteiger partial charge in [0.05, 0.1) is 7.11 Å². The zero-order valence-electron chi connectivity index (χ0n) is 10.0. The lowest BCUT2D eigenvalue weighted by Crippen LogP contribution is -2.15. The van der Waals surface area contributed by atoms with Crippen LogP contribution in [0, 0.1) is 0 Å². The van der Waals surface area contributed by atoms with Crippen LogP contribution in [0.15, 0.2) is 36.0 Å². The number of methoxy groups -OCH3 is 1. The quantitative estimate of drug-likeness (QED) is 0.843. The van der Waals surface area contributed by atoms with Crippen molar-refractivity contribution >= 4 is 5.78 Å². The molecule has 0 unspecified atom stereocenters. The minimum atomic E-state index is 0.233. The average Bonchev–Trinajstić information content (AvgIpc) is 2.76. The number of allylic oxidation sites excluding steroid dienone is 2. The number of carbonyl (C=O) groups excluding carboxylic acids is 1. The fourth-order valence-corrected chi connectivity index (χ4v) is 1.90. The van der Waals surface area contributed by atoms with Gasteiger partial charge in [0.15, 0.2) is 5.78 Å². The summed E-state index contributed by atoms with van der Waals surface area (Å²) in [4.78, 5) is 11.0. The highest BCUT2D eigenvalue weighted by Crippen LogP contribution is 2.13. The molecule has 1 aliphatic rings. The van der Waals surface area contributed by atoms with Crippen LogP contribution in [-0.2, 0) is 11.2 Å². The van der Waals surface area contributed by atoms with E-state index in [1.54, 1.807) is 13.2 Å². The van der Waals surface area contributed by atoms with Gasteiger partial charge in [0.1, 0.15) is 5.75 Å². The molecule has 0 aromatic heterocycles. The van der Waals surface area contributed by atoms with Crippen LogP contribution in [0.5, 0.6) is 5.75 Å². The van der Waals surface area contributed by atoms with E-state index < -0.39 is 0 Å². The van der Waals surface area contributed by atoms with Crippen LogP contribution in [0.2, 0.25) is 0 Å². The topological polar surface area (TPSA) is 38.3 Å². The number of ether oxygens (including phenoxy) is 1. The second-order valence-electron chi connectivity index (χ2n) is 4.16. The second-order valence-corrected chi connectivity index (χ2v) is 4.16. The highest BCUT2D eigenvalue weighted by molar-refractivity contribution is 5.92. The van der Waals surface area contributed by atoms with Crippen molar-refractivity contribution in [3.8, 4) is 5.75 Å². The molecule has 0 fully saturated rings. The van der Waals surface area contributed by atoms with E-state index in [0.29, 0.717) is 6.42 Å². The first-order chi connectivity index (χ1) is 8.28. The van der Waals surface area contributed by atoms with E-state index in [9.17, 15) is 4.79 Å². The van der Waals surface area contributed by atoms with Crippen LogP contribution in [0.25, 0.3) is 0 Å². The summed E-state index contributed by atoms with van der Waals surface area (Å²) in [7, 11) is 1.67. The van der Waals surface area contributed by atoms with Crippen molar-refractivity contribution in [2.45, 2.75) is 19.3 Å². The molecule has 0 bridgehead atoms. The monoisotopic (exact) mass is 231 g/mol. The predicted octanol–water partition coefficient (Wildman–Crippen LogP) is 2.07. The molecule has 0 saturated carbocycles. The zero-order chi connectivity index (χ0) is 12.1. The number of nitrogens with one attached hydrogen (secondary N) is 1. The second kappa shape index (κ2) is 5.53. The lowest BCUT2D eigenvalue weighted by molar-refractivity contribution is -0.114. The molecule has 1 aromatic rings. The normalized spacial score (nSPS) is 14.6. The first kappa shape index (κ1) is 11.7. The van der Waals surface area contributed by atoms with Crippen LogP contribution in [-0.4, -0.2) is 19.4 Å². The molecular weight excluding hydrogens is 214 g/mol. The van der Waals surface area contributed by atoms with E-state index in [1.165, 1.54) is 5.56 Å². The molecule has 17 heavy (non-hydrogen) atoms. The lowest BCUT2D eigenvalue weighted by atomic mass is 10.1. The van der Waals surface area contributed by atoms with Gasteiger partial charge in [-0.3, -0.25) is 4.79 Å². The van der Waals surface area contributed by atoms with E-state index in [4.69, 9.17) is 4.74 Å². The van der Waals surface area contributed by atoms with Crippen molar-refractivity contribution < 1.29 is 9.53 Å². The van der Waals surface area contributed by atoms with Gasteiger partial charge >= 0.3 is 0 Å². The summed E-state index contributed by atoms with van der Waals surface area (Å²) in [5, 5.41) is 3.30. The van der Waals surface area contributed by atoms with Gasteiger partial charge in [-0.05, 0) is 30.5 Å². The molecule has 0 amide bonds. The number of benzene rings is 1. The number of rotatable bonds is 5. The van der Waals surface area contributed by atoms with Gasteiger partial charge in [-0.2, -0.15) is 0 Å². The minimum absolute atomic E-state index is 0.233. The summed E-state index contributed by atoms with van der Waals surface area (Å²) in [6.45, 7) is 0.867. The summed E-state index contributed by atoms with van der Waals surface area (Å²) >= 11 is 0. The van der Waals surface area contributed by atoms with Gasteiger partial charge in [-0.15, -0.1) is 0 Å². The molecule has 0 saturated heterocycles. The Hall–Kier alpha value is -1.77. The summed E-state index contributed by atoms with van der Waals surface area (Å²) in [6, 6.07) is 8.06. The molecule has 2 rings (SSSR count). The summed E-state index contributed by atoms with van der Waals surface area (Å²) in [6.07, 6.45) is 4.19. The summed E-state index contributed by atoms with van der Waals surface area (Å²) < 4.78 is 5.10. The number of ketones is 1. The Labute approximate surface area is 101 Å². The number of carbonyl (C=O) groups is 1. The Morgan fingerprint density at radius 2 is 2.00 bits per heavy atom. The van der Waals surface area contributed by atoms with Crippen molar-refractivity contribution in [2.75, 3.05) is 13.7 Å². The SMILES string of the molecule is COc1ccc(CCNC2=CC(=O)CC2)cc1. The Morgan fingerprint density at radius 1 is 1.24 bits per heavy atom. The van der Waals surface area contributed by atoms with Crippen molar-refractivity contribution in [1.82, 2.24) is 5.32 Å². The standard InChI is InChI=1S/C14H17NO2/c1-17-14-6-2-11(3-7-14)8-9-15-12-4-5-13(16)10-12/h2-3,6-7,10,15H,4-5,8-9H2,1H3. The first-order valence-electron chi connectivity index (χ1n) is 5.88. The van der Waals surface area contributed by atoms with E-state index in [1.807, 2.05) is 12.1 Å². The smallest absolute Gasteiger partial charge is 0.157 e. The maximum atomic E-state index is 11.0. The van der Waals surface area contributed by atoms with E-state index in [0.717, 1.165) is 30.8 Å². The maximum absolute atomic E-state index is 11.0. The Bertz CT molecular complexity index is 420. The van der Waals surface area contributed by atoms with Crippen molar-refractivity contribution in [3.05, 3.63) is 41.6 Å². The molecule has 90 valence electrons. The average molecular weight is 231 g/mol. The van der Waals surface area contributed by atoms with Gasteiger partial charge in [0.25, 0.3) is 0 Å². The van der Waals surface area contributed by atoms with Crippen molar-refractivity contribution in [2.24, 2.45) is 0 Å². The number of hydrogen-bond acceptors (Lipinski definition) is 3. The Balaban J connectivity index is 1.78. The van der Waals surface area contributed by atoms with E-state index >= 15 is 0 Å². The van der Waals surface area contributed by atoms with E-state index in [2.05, 4.69) is 17.4 Å². The van der Waals surface area contributed by atoms with Crippen LogP contribution < -0.4 is 10.1 Å². The van der Waals surface area contributed by atoms with Crippen LogP contribution >= 0.6 is 0 Å². The molecule has 3 nitrogen and oxygen atoms in total. The third kappa shape index (κ3) is 3.34. The molecule has 3 heteroatoms. The van der Waals surface area contributed by atoms with E-state index in [-0.39, 0.29) is 5.78 Å². The fraction of sp³-hybridized carbons (Fsp3) is 0.357. The molecule has 0 radical (unpaired) electrons. The van der Waals surface area contributed by atoms with Gasteiger partial charge in [0.2, 0.25) is 0 Å². The van der Waals surface area contributed by atoms with Crippen molar-refractivity contribution in [3.63, 3.8) is 0 Å². The Kier molecular flexibility index (Phi) is 3.81. The third-order valence-electron chi connectivity index (χ3n) is 2.90. The molecule has 0 heterocycles.